The number of hydrogen-bond acceptors (Lipinski definition) is 2. The van der Waals surface area contributed by atoms with Gasteiger partial charge in [-0.15, -0.1) is 0 Å². The van der Waals surface area contributed by atoms with Gasteiger partial charge in [0.15, 0.2) is 0 Å². The van der Waals surface area contributed by atoms with Crippen molar-refractivity contribution >= 4 is 17.4 Å². The first-order valence-electron chi connectivity index (χ1n) is 4.40. The lowest BCUT2D eigenvalue weighted by Crippen LogP contribution is -2.23. The van der Waals surface area contributed by atoms with Crippen LogP contribution in [0.1, 0.15) is 17.3 Å². The van der Waals surface area contributed by atoms with Gasteiger partial charge in [-0.05, 0) is 19.1 Å². The Morgan fingerprint density at radius 1 is 1.44 bits per heavy atom. The van der Waals surface area contributed by atoms with E-state index in [4.69, 9.17) is 16.3 Å². The van der Waals surface area contributed by atoms with Crippen LogP contribution >= 0.6 is 11.6 Å². The smallest absolute Gasteiger partial charge is 0.455 e. The maximum Gasteiger partial charge on any atom is 0.455 e. The summed E-state index contributed by atoms with van der Waals surface area (Å²) in [7, 11) is 0. The first-order chi connectivity index (χ1) is 7.38. The summed E-state index contributed by atoms with van der Waals surface area (Å²) in [6.45, 7) is 1.72. The Morgan fingerprint density at radius 2 is 2.06 bits per heavy atom. The Hall–Kier alpha value is -1.23. The van der Waals surface area contributed by atoms with Crippen LogP contribution in [0.3, 0.4) is 0 Å². The molecule has 0 aliphatic carbocycles. The van der Waals surface area contributed by atoms with E-state index < -0.39 is 17.5 Å². The molecule has 16 heavy (non-hydrogen) atoms. The topological polar surface area (TPSA) is 26.3 Å². The third kappa shape index (κ3) is 2.66. The van der Waals surface area contributed by atoms with Crippen LogP contribution in [0.2, 0.25) is 5.02 Å². The van der Waals surface area contributed by atoms with Crippen molar-refractivity contribution in [2.24, 2.45) is 0 Å². The van der Waals surface area contributed by atoms with Crippen molar-refractivity contribution in [3.8, 4) is 5.75 Å². The maximum absolute atomic E-state index is 12.2. The van der Waals surface area contributed by atoms with Gasteiger partial charge in [-0.1, -0.05) is 17.7 Å². The van der Waals surface area contributed by atoms with E-state index in [2.05, 4.69) is 0 Å². The minimum Gasteiger partial charge on any atom is -0.492 e. The fourth-order valence-electron chi connectivity index (χ4n) is 1.13. The Kier molecular flexibility index (Phi) is 3.80. The number of halogens is 4. The van der Waals surface area contributed by atoms with Gasteiger partial charge in [0.2, 0.25) is 0 Å². The molecule has 0 saturated carbocycles. The van der Waals surface area contributed by atoms with Gasteiger partial charge >= 0.3 is 6.18 Å². The summed E-state index contributed by atoms with van der Waals surface area (Å²) in [5.74, 6) is -2.19. The number of ether oxygens (including phenoxy) is 1. The van der Waals surface area contributed by atoms with Crippen LogP contribution in [-0.4, -0.2) is 18.6 Å². The molecule has 0 aromatic heterocycles. The van der Waals surface area contributed by atoms with Gasteiger partial charge < -0.3 is 4.74 Å². The molecule has 0 aliphatic rings. The van der Waals surface area contributed by atoms with Crippen LogP contribution < -0.4 is 4.74 Å². The predicted molar refractivity (Wildman–Crippen MR) is 53.0 cm³/mol. The Bertz CT molecular complexity index is 402. The van der Waals surface area contributed by atoms with E-state index in [0.29, 0.717) is 0 Å². The van der Waals surface area contributed by atoms with Gasteiger partial charge in [0.05, 0.1) is 17.2 Å². The van der Waals surface area contributed by atoms with Gasteiger partial charge in [0.1, 0.15) is 5.75 Å². The second-order valence-corrected chi connectivity index (χ2v) is 3.28. The van der Waals surface area contributed by atoms with Crippen LogP contribution in [0.15, 0.2) is 18.2 Å². The molecule has 1 aromatic carbocycles. The van der Waals surface area contributed by atoms with Crippen LogP contribution in [0.25, 0.3) is 0 Å². The summed E-state index contributed by atoms with van der Waals surface area (Å²) in [5.41, 5.74) is -0.568. The molecule has 6 heteroatoms. The van der Waals surface area contributed by atoms with Gasteiger partial charge in [0, 0.05) is 0 Å². The molecule has 0 N–H and O–H groups in total. The minimum atomic E-state index is -4.93. The van der Waals surface area contributed by atoms with E-state index in [1.165, 1.54) is 12.1 Å². The number of Topliss-reactive ketones (excluding diaryl/α,β-unsaturated/α-hetero) is 1. The zero-order chi connectivity index (χ0) is 12.3. The van der Waals surface area contributed by atoms with E-state index in [1.54, 1.807) is 6.92 Å². The van der Waals surface area contributed by atoms with Crippen molar-refractivity contribution in [1.82, 2.24) is 0 Å². The Balaban J connectivity index is 3.23. The molecule has 88 valence electrons. The second kappa shape index (κ2) is 4.74. The van der Waals surface area contributed by atoms with Crippen molar-refractivity contribution in [2.75, 3.05) is 6.61 Å². The average molecular weight is 253 g/mol. The average Bonchev–Trinajstić information content (AvgIpc) is 2.19. The van der Waals surface area contributed by atoms with Gasteiger partial charge in [-0.25, -0.2) is 0 Å². The van der Waals surface area contributed by atoms with Gasteiger partial charge in [-0.2, -0.15) is 13.2 Å². The monoisotopic (exact) mass is 252 g/mol. The van der Waals surface area contributed by atoms with E-state index in [9.17, 15) is 18.0 Å². The molecule has 0 fully saturated rings. The minimum absolute atomic E-state index is 0.0167. The van der Waals surface area contributed by atoms with Gasteiger partial charge in [-0.3, -0.25) is 4.79 Å². The highest BCUT2D eigenvalue weighted by Crippen LogP contribution is 2.33. The molecule has 0 aliphatic heterocycles. The summed E-state index contributed by atoms with van der Waals surface area (Å²) >= 11 is 5.66. The molecule has 0 bridgehead atoms. The molecule has 0 saturated heterocycles. The number of para-hydroxylation sites is 1. The first-order valence-corrected chi connectivity index (χ1v) is 4.78. The van der Waals surface area contributed by atoms with Gasteiger partial charge in [0.25, 0.3) is 5.78 Å². The fraction of sp³-hybridized carbons (Fsp3) is 0.300. The Morgan fingerprint density at radius 3 is 2.56 bits per heavy atom. The van der Waals surface area contributed by atoms with Crippen molar-refractivity contribution in [2.45, 2.75) is 13.1 Å². The van der Waals surface area contributed by atoms with E-state index in [1.807, 2.05) is 0 Å². The maximum atomic E-state index is 12.2. The molecule has 0 radical (unpaired) electrons. The normalized spacial score (nSPS) is 11.3. The zero-order valence-electron chi connectivity index (χ0n) is 8.27. The molecule has 0 spiro atoms. The lowest BCUT2D eigenvalue weighted by molar-refractivity contribution is -0.0886. The van der Waals surface area contributed by atoms with E-state index in [0.717, 1.165) is 6.07 Å². The summed E-state index contributed by atoms with van der Waals surface area (Å²) in [6, 6.07) is 3.66. The highest BCUT2D eigenvalue weighted by molar-refractivity contribution is 6.32. The largest absolute Gasteiger partial charge is 0.492 e. The molecule has 0 atom stereocenters. The SMILES string of the molecule is CCOc1c(Cl)cccc1C(=O)C(F)(F)F. The predicted octanol–water partition coefficient (Wildman–Crippen LogP) is 3.48. The third-order valence-corrected chi connectivity index (χ3v) is 2.06. The molecular formula is C10H8ClF3O2. The van der Waals surface area contributed by atoms with E-state index in [-0.39, 0.29) is 17.4 Å². The second-order valence-electron chi connectivity index (χ2n) is 2.88. The highest BCUT2D eigenvalue weighted by Gasteiger charge is 2.41. The number of carbonyl (C=O) groups excluding carboxylic acids is 1. The summed E-state index contributed by atoms with van der Waals surface area (Å²) in [5, 5.41) is -0.0167. The first kappa shape index (κ1) is 12.8. The van der Waals surface area contributed by atoms with Crippen molar-refractivity contribution in [3.63, 3.8) is 0 Å². The fourth-order valence-corrected chi connectivity index (χ4v) is 1.36. The standard InChI is InChI=1S/C10H8ClF3O2/c1-2-16-8-6(4-3-5-7(8)11)9(15)10(12,13)14/h3-5H,2H2,1H3. The van der Waals surface area contributed by atoms with Crippen LogP contribution in [0.5, 0.6) is 5.75 Å². The number of hydrogen-bond donors (Lipinski definition) is 0. The lowest BCUT2D eigenvalue weighted by atomic mass is 10.1. The number of ketones is 1. The molecule has 0 heterocycles. The summed E-state index contributed by atoms with van der Waals surface area (Å²) < 4.78 is 41.6. The number of benzene rings is 1. The molecule has 0 unspecified atom stereocenters. The molecule has 1 aromatic rings. The van der Waals surface area contributed by atoms with Crippen LogP contribution in [0.4, 0.5) is 13.2 Å². The quantitative estimate of drug-likeness (QED) is 0.770. The lowest BCUT2D eigenvalue weighted by Gasteiger charge is -2.12. The number of rotatable bonds is 3. The zero-order valence-corrected chi connectivity index (χ0v) is 9.02. The summed E-state index contributed by atoms with van der Waals surface area (Å²) in [6.07, 6.45) is -4.93. The van der Waals surface area contributed by atoms with Crippen molar-refractivity contribution < 1.29 is 22.7 Å². The molecule has 2 nitrogen and oxygen atoms in total. The Labute approximate surface area is 95.0 Å². The van der Waals surface area contributed by atoms with Crippen molar-refractivity contribution in [3.05, 3.63) is 28.8 Å². The molecule has 1 rings (SSSR count). The number of carbonyl (C=O) groups is 1. The van der Waals surface area contributed by atoms with E-state index >= 15 is 0 Å². The molecular weight excluding hydrogens is 245 g/mol. The van der Waals surface area contributed by atoms with Crippen molar-refractivity contribution in [1.29, 1.82) is 0 Å². The molecule has 0 amide bonds. The highest BCUT2D eigenvalue weighted by atomic mass is 35.5. The van der Waals surface area contributed by atoms with Crippen LogP contribution in [0, 0.1) is 0 Å². The van der Waals surface area contributed by atoms with Crippen LogP contribution in [-0.2, 0) is 0 Å². The third-order valence-electron chi connectivity index (χ3n) is 1.76. The summed E-state index contributed by atoms with van der Waals surface area (Å²) in [4.78, 5) is 11.1. The number of alkyl halides is 3.